The number of rotatable bonds is 4. The highest BCUT2D eigenvalue weighted by molar-refractivity contribution is 5.94. The van der Waals surface area contributed by atoms with Crippen LogP contribution in [0, 0.1) is 5.82 Å². The van der Waals surface area contributed by atoms with Crippen LogP contribution in [-0.4, -0.2) is 25.5 Å². The highest BCUT2D eigenvalue weighted by atomic mass is 19.4. The fourth-order valence-corrected chi connectivity index (χ4v) is 1.33. The monoisotopic (exact) mass is 278 g/mol. The number of carbonyl (C=O) groups is 1. The minimum atomic E-state index is -4.69. The summed E-state index contributed by atoms with van der Waals surface area (Å²) in [4.78, 5) is 11.6. The van der Waals surface area contributed by atoms with Crippen LogP contribution < -0.4 is 10.6 Å². The van der Waals surface area contributed by atoms with Crippen LogP contribution in [-0.2, 0) is 6.18 Å². The number of likely N-dealkylation sites (N-methyl/N-ethyl adjacent to an activating group) is 1. The third kappa shape index (κ3) is 4.51. The molecule has 0 spiro atoms. The molecule has 19 heavy (non-hydrogen) atoms. The molecule has 0 bridgehead atoms. The van der Waals surface area contributed by atoms with Gasteiger partial charge in [0.1, 0.15) is 5.82 Å². The Morgan fingerprint density at radius 3 is 2.47 bits per heavy atom. The predicted molar refractivity (Wildman–Crippen MR) is 62.3 cm³/mol. The Balaban J connectivity index is 2.89. The molecule has 0 heterocycles. The number of alkyl halides is 3. The average molecular weight is 278 g/mol. The fraction of sp³-hybridized carbons (Fsp3) is 0.417. The standard InChI is InChI=1S/C12H14F4N2O/c1-7(17-2)6-18-11(19)8-3-9(12(14,15)16)5-10(13)4-8/h3-5,7,17H,6H2,1-2H3,(H,18,19). The molecule has 106 valence electrons. The number of carbonyl (C=O) groups excluding carboxylic acids is 1. The van der Waals surface area contributed by atoms with E-state index in [0.717, 1.165) is 6.07 Å². The lowest BCUT2D eigenvalue weighted by Gasteiger charge is -2.13. The third-order valence-corrected chi connectivity index (χ3v) is 2.55. The van der Waals surface area contributed by atoms with Crippen LogP contribution in [0.25, 0.3) is 0 Å². The summed E-state index contributed by atoms with van der Waals surface area (Å²) in [7, 11) is 1.68. The average Bonchev–Trinajstić information content (AvgIpc) is 2.33. The van der Waals surface area contributed by atoms with Crippen molar-refractivity contribution in [3.8, 4) is 0 Å². The van der Waals surface area contributed by atoms with Crippen LogP contribution in [0.3, 0.4) is 0 Å². The molecule has 0 aliphatic rings. The van der Waals surface area contributed by atoms with E-state index in [1.807, 2.05) is 0 Å². The van der Waals surface area contributed by atoms with Crippen molar-refractivity contribution < 1.29 is 22.4 Å². The molecule has 0 radical (unpaired) electrons. The molecule has 1 aromatic carbocycles. The van der Waals surface area contributed by atoms with Gasteiger partial charge in [0.15, 0.2) is 0 Å². The lowest BCUT2D eigenvalue weighted by Crippen LogP contribution is -2.37. The van der Waals surface area contributed by atoms with Gasteiger partial charge >= 0.3 is 6.18 Å². The summed E-state index contributed by atoms with van der Waals surface area (Å²) in [5, 5.41) is 5.27. The summed E-state index contributed by atoms with van der Waals surface area (Å²) in [6.07, 6.45) is -4.69. The molecule has 1 atom stereocenters. The Morgan fingerprint density at radius 1 is 1.32 bits per heavy atom. The van der Waals surface area contributed by atoms with Crippen LogP contribution >= 0.6 is 0 Å². The molecule has 2 N–H and O–H groups in total. The van der Waals surface area contributed by atoms with E-state index < -0.39 is 23.5 Å². The SMILES string of the molecule is CNC(C)CNC(=O)c1cc(F)cc(C(F)(F)F)c1. The molecule has 1 rings (SSSR count). The molecule has 0 fully saturated rings. The third-order valence-electron chi connectivity index (χ3n) is 2.55. The van der Waals surface area contributed by atoms with Crippen LogP contribution in [0.2, 0.25) is 0 Å². The normalized spacial score (nSPS) is 13.2. The van der Waals surface area contributed by atoms with Gasteiger partial charge in [-0.15, -0.1) is 0 Å². The van der Waals surface area contributed by atoms with Gasteiger partial charge in [-0.05, 0) is 32.2 Å². The molecule has 7 heteroatoms. The number of hydrogen-bond donors (Lipinski definition) is 2. The first-order valence-corrected chi connectivity index (χ1v) is 5.57. The second-order valence-electron chi connectivity index (χ2n) is 4.13. The van der Waals surface area contributed by atoms with Gasteiger partial charge in [0, 0.05) is 18.2 Å². The van der Waals surface area contributed by atoms with Crippen molar-refractivity contribution in [1.82, 2.24) is 10.6 Å². The van der Waals surface area contributed by atoms with Gasteiger partial charge in [-0.1, -0.05) is 0 Å². The molecule has 1 amide bonds. The number of benzene rings is 1. The Bertz CT molecular complexity index is 460. The van der Waals surface area contributed by atoms with E-state index in [2.05, 4.69) is 10.6 Å². The van der Waals surface area contributed by atoms with Gasteiger partial charge in [0.2, 0.25) is 0 Å². The van der Waals surface area contributed by atoms with Gasteiger partial charge < -0.3 is 10.6 Å². The lowest BCUT2D eigenvalue weighted by atomic mass is 10.1. The maximum Gasteiger partial charge on any atom is 0.416 e. The topological polar surface area (TPSA) is 41.1 Å². The minimum Gasteiger partial charge on any atom is -0.350 e. The number of nitrogens with one attached hydrogen (secondary N) is 2. The quantitative estimate of drug-likeness (QED) is 0.829. The maximum atomic E-state index is 13.1. The summed E-state index contributed by atoms with van der Waals surface area (Å²) < 4.78 is 50.5. The van der Waals surface area contributed by atoms with Crippen molar-refractivity contribution in [1.29, 1.82) is 0 Å². The van der Waals surface area contributed by atoms with Gasteiger partial charge in [-0.25, -0.2) is 4.39 Å². The van der Waals surface area contributed by atoms with Crippen molar-refractivity contribution in [2.45, 2.75) is 19.1 Å². The molecule has 0 aliphatic carbocycles. The number of hydrogen-bond acceptors (Lipinski definition) is 2. The second kappa shape index (κ2) is 6.01. The summed E-state index contributed by atoms with van der Waals surface area (Å²) in [5.41, 5.74) is -1.53. The van der Waals surface area contributed by atoms with Gasteiger partial charge in [0.05, 0.1) is 5.56 Å². The van der Waals surface area contributed by atoms with Crippen molar-refractivity contribution in [3.63, 3.8) is 0 Å². The predicted octanol–water partition coefficient (Wildman–Crippen LogP) is 2.18. The molecule has 1 aromatic rings. The van der Waals surface area contributed by atoms with E-state index in [4.69, 9.17) is 0 Å². The number of halogens is 4. The Morgan fingerprint density at radius 2 is 1.95 bits per heavy atom. The van der Waals surface area contributed by atoms with Crippen molar-refractivity contribution in [2.75, 3.05) is 13.6 Å². The van der Waals surface area contributed by atoms with Crippen LogP contribution in [0.4, 0.5) is 17.6 Å². The molecule has 0 saturated heterocycles. The van der Waals surface area contributed by atoms with E-state index in [1.54, 1.807) is 14.0 Å². The molecule has 0 aromatic heterocycles. The van der Waals surface area contributed by atoms with Gasteiger partial charge in [0.25, 0.3) is 5.91 Å². The Labute approximate surface area is 108 Å². The first-order chi connectivity index (χ1) is 8.74. The molecule has 1 unspecified atom stereocenters. The molecule has 0 aliphatic heterocycles. The molecular formula is C12H14F4N2O. The summed E-state index contributed by atoms with van der Waals surface area (Å²) in [6.45, 7) is 2.01. The van der Waals surface area contributed by atoms with Gasteiger partial charge in [-0.2, -0.15) is 13.2 Å². The summed E-state index contributed by atoms with van der Waals surface area (Å²) in [5.74, 6) is -1.84. The summed E-state index contributed by atoms with van der Waals surface area (Å²) >= 11 is 0. The van der Waals surface area contributed by atoms with E-state index >= 15 is 0 Å². The van der Waals surface area contributed by atoms with Crippen molar-refractivity contribution in [2.24, 2.45) is 0 Å². The first-order valence-electron chi connectivity index (χ1n) is 5.57. The number of amides is 1. The Kier molecular flexibility index (Phi) is 4.88. The molecule has 3 nitrogen and oxygen atoms in total. The van der Waals surface area contributed by atoms with E-state index in [0.29, 0.717) is 12.1 Å². The van der Waals surface area contributed by atoms with Gasteiger partial charge in [-0.3, -0.25) is 4.79 Å². The zero-order valence-corrected chi connectivity index (χ0v) is 10.4. The zero-order chi connectivity index (χ0) is 14.6. The maximum absolute atomic E-state index is 13.1. The summed E-state index contributed by atoms with van der Waals surface area (Å²) in [6, 6.07) is 1.71. The van der Waals surface area contributed by atoms with E-state index in [-0.39, 0.29) is 18.2 Å². The zero-order valence-electron chi connectivity index (χ0n) is 10.4. The van der Waals surface area contributed by atoms with Crippen molar-refractivity contribution >= 4 is 5.91 Å². The fourth-order valence-electron chi connectivity index (χ4n) is 1.33. The van der Waals surface area contributed by atoms with Crippen LogP contribution in [0.1, 0.15) is 22.8 Å². The minimum absolute atomic E-state index is 0.0420. The van der Waals surface area contributed by atoms with Crippen LogP contribution in [0.5, 0.6) is 0 Å². The Hall–Kier alpha value is -1.63. The lowest BCUT2D eigenvalue weighted by molar-refractivity contribution is -0.137. The second-order valence-corrected chi connectivity index (χ2v) is 4.13. The smallest absolute Gasteiger partial charge is 0.350 e. The van der Waals surface area contributed by atoms with E-state index in [1.165, 1.54) is 0 Å². The highest BCUT2D eigenvalue weighted by Gasteiger charge is 2.31. The van der Waals surface area contributed by atoms with E-state index in [9.17, 15) is 22.4 Å². The first kappa shape index (κ1) is 15.4. The highest BCUT2D eigenvalue weighted by Crippen LogP contribution is 2.30. The van der Waals surface area contributed by atoms with Crippen LogP contribution in [0.15, 0.2) is 18.2 Å². The van der Waals surface area contributed by atoms with Crippen molar-refractivity contribution in [3.05, 3.63) is 35.1 Å². The molecule has 0 saturated carbocycles. The largest absolute Gasteiger partial charge is 0.416 e. The molecular weight excluding hydrogens is 264 g/mol.